The fourth-order valence-electron chi connectivity index (χ4n) is 2.54. The minimum Gasteiger partial charge on any atom is -0.366 e. The third kappa shape index (κ3) is 3.73. The smallest absolute Gasteiger partial charge is 0.294 e. The highest BCUT2D eigenvalue weighted by atomic mass is 16.6. The van der Waals surface area contributed by atoms with E-state index in [1.165, 1.54) is 6.07 Å². The summed E-state index contributed by atoms with van der Waals surface area (Å²) in [6.45, 7) is 3.77. The number of carbonyl (C=O) groups is 1. The van der Waals surface area contributed by atoms with Crippen LogP contribution in [0.5, 0.6) is 0 Å². The molecule has 1 heterocycles. The highest BCUT2D eigenvalue weighted by molar-refractivity contribution is 5.92. The van der Waals surface area contributed by atoms with E-state index in [4.69, 9.17) is 5.26 Å². The van der Waals surface area contributed by atoms with Crippen LogP contribution in [-0.2, 0) is 4.79 Å². The van der Waals surface area contributed by atoms with Gasteiger partial charge in [-0.15, -0.1) is 0 Å². The van der Waals surface area contributed by atoms with Crippen molar-refractivity contribution >= 4 is 23.0 Å². The van der Waals surface area contributed by atoms with Crippen molar-refractivity contribution in [1.82, 2.24) is 0 Å². The first kappa shape index (κ1) is 15.8. The minimum absolute atomic E-state index is 0.0238. The summed E-state index contributed by atoms with van der Waals surface area (Å²) in [7, 11) is 0. The molecule has 1 aromatic rings. The fourth-order valence-corrected chi connectivity index (χ4v) is 2.54. The second-order valence-electron chi connectivity index (χ2n) is 5.51. The molecular weight excluding hydrogens is 284 g/mol. The van der Waals surface area contributed by atoms with E-state index in [0.717, 1.165) is 25.9 Å². The molecular formula is C15H18N4O3. The van der Waals surface area contributed by atoms with Gasteiger partial charge in [0, 0.05) is 24.8 Å². The maximum absolute atomic E-state index is 11.4. The molecule has 1 fully saturated rings. The van der Waals surface area contributed by atoms with E-state index in [1.807, 2.05) is 4.90 Å². The van der Waals surface area contributed by atoms with Crippen LogP contribution in [0.15, 0.2) is 18.2 Å². The van der Waals surface area contributed by atoms with E-state index < -0.39 is 10.8 Å². The molecule has 0 atom stereocenters. The van der Waals surface area contributed by atoms with Gasteiger partial charge < -0.3 is 10.2 Å². The van der Waals surface area contributed by atoms with Crippen LogP contribution in [0, 0.1) is 27.4 Å². The molecule has 0 saturated carbocycles. The lowest BCUT2D eigenvalue weighted by atomic mass is 9.98. The second kappa shape index (κ2) is 6.89. The number of amides is 1. The zero-order chi connectivity index (χ0) is 16.1. The summed E-state index contributed by atoms with van der Waals surface area (Å²) in [4.78, 5) is 24.3. The summed E-state index contributed by atoms with van der Waals surface area (Å²) in [5.74, 6) is 0.163. The average molecular weight is 302 g/mol. The first-order valence-corrected chi connectivity index (χ1v) is 7.21. The lowest BCUT2D eigenvalue weighted by Crippen LogP contribution is -2.33. The van der Waals surface area contributed by atoms with Crippen molar-refractivity contribution in [2.75, 3.05) is 23.3 Å². The zero-order valence-corrected chi connectivity index (χ0v) is 12.4. The van der Waals surface area contributed by atoms with E-state index in [0.29, 0.717) is 17.3 Å². The highest BCUT2D eigenvalue weighted by Crippen LogP contribution is 2.33. The Morgan fingerprint density at radius 1 is 1.50 bits per heavy atom. The van der Waals surface area contributed by atoms with Crippen LogP contribution < -0.4 is 10.2 Å². The maximum atomic E-state index is 11.4. The topological polar surface area (TPSA) is 99.3 Å². The Labute approximate surface area is 128 Å². The summed E-state index contributed by atoms with van der Waals surface area (Å²) >= 11 is 0. The molecule has 0 radical (unpaired) electrons. The van der Waals surface area contributed by atoms with Crippen LogP contribution in [0.1, 0.15) is 26.2 Å². The highest BCUT2D eigenvalue weighted by Gasteiger charge is 2.23. The van der Waals surface area contributed by atoms with E-state index >= 15 is 0 Å². The van der Waals surface area contributed by atoms with Crippen molar-refractivity contribution in [1.29, 1.82) is 5.26 Å². The van der Waals surface area contributed by atoms with Crippen LogP contribution in [0.4, 0.5) is 17.1 Å². The molecule has 1 aliphatic heterocycles. The number of hydrogen-bond donors (Lipinski definition) is 1. The molecule has 0 aliphatic carbocycles. The van der Waals surface area contributed by atoms with Crippen LogP contribution in [0.2, 0.25) is 0 Å². The lowest BCUT2D eigenvalue weighted by molar-refractivity contribution is -0.384. The number of nitrogens with one attached hydrogen (secondary N) is 1. The normalized spacial score (nSPS) is 15.2. The molecule has 1 aliphatic rings. The molecule has 7 nitrogen and oxygen atoms in total. The van der Waals surface area contributed by atoms with Gasteiger partial charge in [-0.25, -0.2) is 0 Å². The number of hydrogen-bond acceptors (Lipinski definition) is 5. The molecule has 1 amide bonds. The molecule has 1 aromatic carbocycles. The molecule has 116 valence electrons. The van der Waals surface area contributed by atoms with Gasteiger partial charge in [0.15, 0.2) is 0 Å². The van der Waals surface area contributed by atoms with Crippen molar-refractivity contribution in [3.05, 3.63) is 28.3 Å². The number of rotatable bonds is 4. The van der Waals surface area contributed by atoms with Crippen LogP contribution in [0.3, 0.4) is 0 Å². The van der Waals surface area contributed by atoms with Gasteiger partial charge in [0.25, 0.3) is 5.69 Å². The Kier molecular flexibility index (Phi) is 4.94. The summed E-state index contributed by atoms with van der Waals surface area (Å²) in [5.41, 5.74) is 0.889. The Morgan fingerprint density at radius 2 is 2.18 bits per heavy atom. The third-order valence-corrected chi connectivity index (χ3v) is 3.82. The first-order chi connectivity index (χ1) is 10.5. The van der Waals surface area contributed by atoms with E-state index in [9.17, 15) is 14.9 Å². The number of nitro groups is 1. The molecule has 22 heavy (non-hydrogen) atoms. The molecule has 7 heteroatoms. The number of nitrogens with zero attached hydrogens (tertiary/aromatic N) is 3. The standard InChI is InChI=1S/C15H18N4O3/c1-11-5-8-18(9-6-11)13-3-2-12(10-14(13)19(21)22)17-15(20)4-7-16/h2-3,10-11H,4-6,8-9H2,1H3,(H,17,20). The summed E-state index contributed by atoms with van der Waals surface area (Å²) in [5, 5.41) is 22.3. The lowest BCUT2D eigenvalue weighted by Gasteiger charge is -2.31. The quantitative estimate of drug-likeness (QED) is 0.681. The van der Waals surface area contributed by atoms with Gasteiger partial charge in [0.2, 0.25) is 5.91 Å². The molecule has 0 unspecified atom stereocenters. The number of nitriles is 1. The van der Waals surface area contributed by atoms with Gasteiger partial charge in [-0.1, -0.05) is 6.92 Å². The maximum Gasteiger partial charge on any atom is 0.294 e. The number of anilines is 2. The van der Waals surface area contributed by atoms with Gasteiger partial charge >= 0.3 is 0 Å². The molecule has 0 aromatic heterocycles. The van der Waals surface area contributed by atoms with Crippen LogP contribution >= 0.6 is 0 Å². The monoisotopic (exact) mass is 302 g/mol. The fraction of sp³-hybridized carbons (Fsp3) is 0.467. The second-order valence-corrected chi connectivity index (χ2v) is 5.51. The third-order valence-electron chi connectivity index (χ3n) is 3.82. The number of carbonyl (C=O) groups excluding carboxylic acids is 1. The number of nitro benzene ring substituents is 1. The Hall–Kier alpha value is -2.62. The van der Waals surface area contributed by atoms with E-state index in [1.54, 1.807) is 18.2 Å². The van der Waals surface area contributed by atoms with Crippen LogP contribution in [-0.4, -0.2) is 23.9 Å². The van der Waals surface area contributed by atoms with Gasteiger partial charge in [-0.05, 0) is 30.9 Å². The summed E-state index contributed by atoms with van der Waals surface area (Å²) in [6.07, 6.45) is 1.75. The van der Waals surface area contributed by atoms with Crippen molar-refractivity contribution in [2.24, 2.45) is 5.92 Å². The van der Waals surface area contributed by atoms with Gasteiger partial charge in [0.1, 0.15) is 12.1 Å². The van der Waals surface area contributed by atoms with Crippen molar-refractivity contribution in [3.8, 4) is 6.07 Å². The Bertz CT molecular complexity index is 616. The van der Waals surface area contributed by atoms with Gasteiger partial charge in [-0.2, -0.15) is 5.26 Å². The first-order valence-electron chi connectivity index (χ1n) is 7.21. The van der Waals surface area contributed by atoms with Gasteiger partial charge in [-0.3, -0.25) is 14.9 Å². The van der Waals surface area contributed by atoms with Crippen molar-refractivity contribution < 1.29 is 9.72 Å². The molecule has 1 saturated heterocycles. The summed E-state index contributed by atoms with van der Waals surface area (Å²) < 4.78 is 0. The largest absolute Gasteiger partial charge is 0.366 e. The average Bonchev–Trinajstić information content (AvgIpc) is 2.48. The zero-order valence-electron chi connectivity index (χ0n) is 12.4. The van der Waals surface area contributed by atoms with E-state index in [2.05, 4.69) is 12.2 Å². The summed E-state index contributed by atoms with van der Waals surface area (Å²) in [6, 6.07) is 6.39. The molecule has 2 rings (SSSR count). The van der Waals surface area contributed by atoms with E-state index in [-0.39, 0.29) is 12.1 Å². The minimum atomic E-state index is -0.476. The predicted molar refractivity (Wildman–Crippen MR) is 82.6 cm³/mol. The predicted octanol–water partition coefficient (Wildman–Crippen LogP) is 2.68. The molecule has 0 bridgehead atoms. The van der Waals surface area contributed by atoms with Crippen molar-refractivity contribution in [2.45, 2.75) is 26.2 Å². The Morgan fingerprint density at radius 3 is 2.77 bits per heavy atom. The number of benzene rings is 1. The Balaban J connectivity index is 2.22. The van der Waals surface area contributed by atoms with Gasteiger partial charge in [0.05, 0.1) is 11.0 Å². The molecule has 1 N–H and O–H groups in total. The number of piperidine rings is 1. The van der Waals surface area contributed by atoms with Crippen LogP contribution in [0.25, 0.3) is 0 Å². The van der Waals surface area contributed by atoms with Crippen molar-refractivity contribution in [3.63, 3.8) is 0 Å². The SMILES string of the molecule is CC1CCN(c2ccc(NC(=O)CC#N)cc2[N+](=O)[O-])CC1. The molecule has 0 spiro atoms.